The Morgan fingerprint density at radius 1 is 1.44 bits per heavy atom. The van der Waals surface area contributed by atoms with E-state index in [1.165, 1.54) is 0 Å². The smallest absolute Gasteiger partial charge is 0.343 e. The third-order valence-electron chi connectivity index (χ3n) is 1.86. The van der Waals surface area contributed by atoms with Gasteiger partial charge < -0.3 is 5.32 Å². The highest BCUT2D eigenvalue weighted by molar-refractivity contribution is 6.34. The molecule has 98 valence electrons. The molecule has 1 aromatic rings. The molecule has 0 aliphatic rings. The normalized spacial score (nSPS) is 11.1. The molecule has 18 heavy (non-hydrogen) atoms. The fraction of sp³-hybridized carbons (Fsp3) is 0.222. The van der Waals surface area contributed by atoms with Crippen molar-refractivity contribution in [2.45, 2.75) is 6.18 Å². The van der Waals surface area contributed by atoms with Crippen molar-refractivity contribution in [3.05, 3.63) is 38.9 Å². The monoisotopic (exact) mass is 282 g/mol. The minimum Gasteiger partial charge on any atom is -0.343 e. The number of nitrogens with zero attached hydrogens (tertiary/aromatic N) is 1. The van der Waals surface area contributed by atoms with Crippen molar-refractivity contribution >= 4 is 23.2 Å². The summed E-state index contributed by atoms with van der Waals surface area (Å²) in [7, 11) is 0. The predicted molar refractivity (Wildman–Crippen MR) is 56.5 cm³/mol. The topological polar surface area (TPSA) is 72.2 Å². The number of halogens is 4. The van der Waals surface area contributed by atoms with Gasteiger partial charge in [-0.25, -0.2) is 0 Å². The molecule has 0 radical (unpaired) electrons. The molecule has 0 aliphatic heterocycles. The van der Waals surface area contributed by atoms with Crippen molar-refractivity contribution < 1.29 is 22.9 Å². The number of non-ortho nitro benzene ring substituents is 1. The van der Waals surface area contributed by atoms with Gasteiger partial charge in [-0.1, -0.05) is 11.6 Å². The number of nitro groups is 1. The molecule has 1 N–H and O–H groups in total. The Morgan fingerprint density at radius 2 is 2.06 bits per heavy atom. The zero-order valence-electron chi connectivity index (χ0n) is 8.62. The second kappa shape index (κ2) is 5.21. The summed E-state index contributed by atoms with van der Waals surface area (Å²) >= 11 is 5.57. The van der Waals surface area contributed by atoms with Crippen LogP contribution in [0, 0.1) is 10.1 Å². The van der Waals surface area contributed by atoms with Gasteiger partial charge in [-0.3, -0.25) is 14.9 Å². The minimum absolute atomic E-state index is 0.258. The minimum atomic E-state index is -4.54. The van der Waals surface area contributed by atoms with Gasteiger partial charge in [-0.05, 0) is 6.07 Å². The van der Waals surface area contributed by atoms with E-state index in [4.69, 9.17) is 11.6 Å². The molecule has 0 unspecified atom stereocenters. The fourth-order valence-corrected chi connectivity index (χ4v) is 1.34. The summed E-state index contributed by atoms with van der Waals surface area (Å²) in [6, 6.07) is 2.87. The zero-order valence-corrected chi connectivity index (χ0v) is 9.38. The quantitative estimate of drug-likeness (QED) is 0.684. The van der Waals surface area contributed by atoms with E-state index in [2.05, 4.69) is 0 Å². The number of nitro benzene ring substituents is 1. The van der Waals surface area contributed by atoms with E-state index in [0.29, 0.717) is 0 Å². The molecule has 0 spiro atoms. The van der Waals surface area contributed by atoms with Gasteiger partial charge in [0.1, 0.15) is 6.54 Å². The number of hydrogen-bond donors (Lipinski definition) is 1. The van der Waals surface area contributed by atoms with Crippen molar-refractivity contribution in [2.75, 3.05) is 6.54 Å². The Morgan fingerprint density at radius 3 is 2.50 bits per heavy atom. The molecule has 0 aliphatic carbocycles. The third kappa shape index (κ3) is 3.88. The van der Waals surface area contributed by atoms with Crippen LogP contribution in [0.15, 0.2) is 18.2 Å². The SMILES string of the molecule is O=C(NCC(F)(F)F)c1ccc([N+](=O)[O-])cc1Cl. The summed E-state index contributed by atoms with van der Waals surface area (Å²) in [5, 5.41) is 11.7. The predicted octanol–water partition coefficient (Wildman–Crippen LogP) is 2.54. The van der Waals surface area contributed by atoms with Gasteiger partial charge in [0.05, 0.1) is 15.5 Å². The summed E-state index contributed by atoms with van der Waals surface area (Å²) in [6.45, 7) is -1.50. The van der Waals surface area contributed by atoms with E-state index in [9.17, 15) is 28.1 Å². The van der Waals surface area contributed by atoms with Crippen molar-refractivity contribution in [1.29, 1.82) is 0 Å². The lowest BCUT2D eigenvalue weighted by molar-refractivity contribution is -0.384. The highest BCUT2D eigenvalue weighted by Gasteiger charge is 2.28. The Hall–Kier alpha value is -1.83. The molecule has 5 nitrogen and oxygen atoms in total. The maximum absolute atomic E-state index is 11.9. The van der Waals surface area contributed by atoms with Crippen molar-refractivity contribution in [2.24, 2.45) is 0 Å². The maximum atomic E-state index is 11.9. The molecule has 1 amide bonds. The number of hydrogen-bond acceptors (Lipinski definition) is 3. The number of carbonyl (C=O) groups is 1. The molecule has 0 atom stereocenters. The van der Waals surface area contributed by atoms with Gasteiger partial charge in [-0.15, -0.1) is 0 Å². The molecule has 1 aromatic carbocycles. The first-order valence-corrected chi connectivity index (χ1v) is 4.87. The Labute approximate surface area is 104 Å². The number of benzene rings is 1. The van der Waals surface area contributed by atoms with E-state index in [-0.39, 0.29) is 16.3 Å². The van der Waals surface area contributed by atoms with Crippen LogP contribution in [0.25, 0.3) is 0 Å². The van der Waals surface area contributed by atoms with Gasteiger partial charge >= 0.3 is 6.18 Å². The Bertz CT molecular complexity index is 490. The van der Waals surface area contributed by atoms with Crippen LogP contribution in [-0.2, 0) is 0 Å². The highest BCUT2D eigenvalue weighted by atomic mass is 35.5. The largest absolute Gasteiger partial charge is 0.405 e. The molecule has 0 saturated heterocycles. The van der Waals surface area contributed by atoms with Crippen LogP contribution < -0.4 is 5.32 Å². The molecule has 9 heteroatoms. The highest BCUT2D eigenvalue weighted by Crippen LogP contribution is 2.22. The summed E-state index contributed by atoms with van der Waals surface area (Å²) < 4.78 is 35.6. The second-order valence-electron chi connectivity index (χ2n) is 3.22. The lowest BCUT2D eigenvalue weighted by atomic mass is 10.2. The van der Waals surface area contributed by atoms with Gasteiger partial charge in [0.2, 0.25) is 0 Å². The fourth-order valence-electron chi connectivity index (χ4n) is 1.08. The summed E-state index contributed by atoms with van der Waals surface area (Å²) in [4.78, 5) is 21.0. The molecule has 0 fully saturated rings. The summed E-state index contributed by atoms with van der Waals surface area (Å²) in [6.07, 6.45) is -4.54. The standard InChI is InChI=1S/C9H6ClF3N2O3/c10-7-3-5(15(17)18)1-2-6(7)8(16)14-4-9(11,12)13/h1-3H,4H2,(H,14,16). The van der Waals surface area contributed by atoms with Crippen LogP contribution in [0.2, 0.25) is 5.02 Å². The molecule has 1 rings (SSSR count). The molecule has 0 heterocycles. The lowest BCUT2D eigenvalue weighted by Crippen LogP contribution is -2.33. The van der Waals surface area contributed by atoms with E-state index in [0.717, 1.165) is 18.2 Å². The maximum Gasteiger partial charge on any atom is 0.405 e. The van der Waals surface area contributed by atoms with Crippen LogP contribution in [0.1, 0.15) is 10.4 Å². The van der Waals surface area contributed by atoms with E-state index < -0.39 is 23.6 Å². The third-order valence-corrected chi connectivity index (χ3v) is 2.17. The number of rotatable bonds is 3. The zero-order chi connectivity index (χ0) is 13.9. The van der Waals surface area contributed by atoms with Gasteiger partial charge in [0.25, 0.3) is 11.6 Å². The van der Waals surface area contributed by atoms with Crippen LogP contribution in [0.4, 0.5) is 18.9 Å². The first-order valence-electron chi connectivity index (χ1n) is 4.49. The van der Waals surface area contributed by atoms with Crippen LogP contribution in [0.5, 0.6) is 0 Å². The number of amides is 1. The van der Waals surface area contributed by atoms with Gasteiger partial charge in [0, 0.05) is 12.1 Å². The first kappa shape index (κ1) is 14.2. The number of carbonyl (C=O) groups excluding carboxylic acids is 1. The van der Waals surface area contributed by atoms with Crippen molar-refractivity contribution in [3.8, 4) is 0 Å². The van der Waals surface area contributed by atoms with Crippen molar-refractivity contribution in [3.63, 3.8) is 0 Å². The lowest BCUT2D eigenvalue weighted by Gasteiger charge is -2.09. The molecule has 0 aromatic heterocycles. The Balaban J connectivity index is 2.84. The van der Waals surface area contributed by atoms with E-state index >= 15 is 0 Å². The number of alkyl halides is 3. The summed E-state index contributed by atoms with van der Waals surface area (Å²) in [5.74, 6) is -1.05. The van der Waals surface area contributed by atoms with Crippen LogP contribution >= 0.6 is 11.6 Å². The number of nitrogens with one attached hydrogen (secondary N) is 1. The summed E-state index contributed by atoms with van der Waals surface area (Å²) in [5.41, 5.74) is -0.612. The first-order chi connectivity index (χ1) is 8.20. The molecule has 0 saturated carbocycles. The van der Waals surface area contributed by atoms with Crippen molar-refractivity contribution in [1.82, 2.24) is 5.32 Å². The van der Waals surface area contributed by atoms with Crippen LogP contribution in [0.3, 0.4) is 0 Å². The molecular weight excluding hydrogens is 277 g/mol. The second-order valence-corrected chi connectivity index (χ2v) is 3.63. The van der Waals surface area contributed by atoms with E-state index in [1.54, 1.807) is 5.32 Å². The average molecular weight is 283 g/mol. The molecular formula is C9H6ClF3N2O3. The van der Waals surface area contributed by atoms with Gasteiger partial charge in [-0.2, -0.15) is 13.2 Å². The Kier molecular flexibility index (Phi) is 4.12. The van der Waals surface area contributed by atoms with Crippen LogP contribution in [-0.4, -0.2) is 23.6 Å². The van der Waals surface area contributed by atoms with Gasteiger partial charge in [0.15, 0.2) is 0 Å². The van der Waals surface area contributed by atoms with E-state index in [1.807, 2.05) is 0 Å². The molecule has 0 bridgehead atoms. The average Bonchev–Trinajstić information content (AvgIpc) is 2.24.